The van der Waals surface area contributed by atoms with E-state index in [1.807, 2.05) is 0 Å². The number of rotatable bonds is 10. The zero-order valence-corrected chi connectivity index (χ0v) is 19.9. The van der Waals surface area contributed by atoms with Gasteiger partial charge in [0, 0.05) is 44.1 Å². The van der Waals surface area contributed by atoms with Gasteiger partial charge in [0.25, 0.3) is 5.91 Å². The zero-order chi connectivity index (χ0) is 24.0. The van der Waals surface area contributed by atoms with Gasteiger partial charge in [-0.25, -0.2) is 4.79 Å². The van der Waals surface area contributed by atoms with Crippen LogP contribution in [0.4, 0.5) is 0 Å². The van der Waals surface area contributed by atoms with E-state index in [2.05, 4.69) is 0 Å². The van der Waals surface area contributed by atoms with Crippen molar-refractivity contribution in [3.63, 3.8) is 0 Å². The van der Waals surface area contributed by atoms with Gasteiger partial charge in [-0.05, 0) is 57.0 Å². The first-order valence-electron chi connectivity index (χ1n) is 10.4. The Labute approximate surface area is 189 Å². The Bertz CT molecular complexity index is 977. The van der Waals surface area contributed by atoms with Crippen LogP contribution < -0.4 is 4.74 Å². The summed E-state index contributed by atoms with van der Waals surface area (Å²) in [7, 11) is 6.17. The van der Waals surface area contributed by atoms with E-state index in [1.165, 1.54) is 7.11 Å². The monoisotopic (exact) mass is 444 g/mol. The fourth-order valence-corrected chi connectivity index (χ4v) is 3.83. The van der Waals surface area contributed by atoms with Gasteiger partial charge in [-0.15, -0.1) is 0 Å². The molecule has 0 saturated carbocycles. The van der Waals surface area contributed by atoms with Crippen molar-refractivity contribution in [2.45, 2.75) is 33.2 Å². The second-order valence-electron chi connectivity index (χ2n) is 7.60. The van der Waals surface area contributed by atoms with Crippen LogP contribution >= 0.6 is 0 Å². The summed E-state index contributed by atoms with van der Waals surface area (Å²) in [4.78, 5) is 40.7. The van der Waals surface area contributed by atoms with E-state index in [4.69, 9.17) is 14.2 Å². The molecule has 8 heteroatoms. The van der Waals surface area contributed by atoms with E-state index < -0.39 is 12.0 Å². The number of amides is 1. The third kappa shape index (κ3) is 5.02. The molecule has 0 aliphatic rings. The topological polar surface area (TPSA) is 87.1 Å². The molecule has 0 saturated heterocycles. The van der Waals surface area contributed by atoms with E-state index in [0.717, 1.165) is 0 Å². The Balaban J connectivity index is 2.42. The molecule has 0 bridgehead atoms. The summed E-state index contributed by atoms with van der Waals surface area (Å²) in [6, 6.07) is 6.03. The van der Waals surface area contributed by atoms with Crippen molar-refractivity contribution in [3.05, 3.63) is 52.3 Å². The number of ether oxygens (including phenoxy) is 3. The summed E-state index contributed by atoms with van der Waals surface area (Å²) in [5, 5.41) is 0. The first kappa shape index (κ1) is 25.1. The molecule has 0 aliphatic heterocycles. The zero-order valence-electron chi connectivity index (χ0n) is 19.9. The number of aromatic nitrogens is 1. The lowest BCUT2D eigenvalue weighted by atomic mass is 9.99. The highest BCUT2D eigenvalue weighted by molar-refractivity contribution is 6.07. The van der Waals surface area contributed by atoms with Crippen LogP contribution in [-0.2, 0) is 16.5 Å². The normalized spacial score (nSPS) is 11.7. The Morgan fingerprint density at radius 3 is 2.22 bits per heavy atom. The lowest BCUT2D eigenvalue weighted by molar-refractivity contribution is 0.0587. The molecular weight excluding hydrogens is 412 g/mol. The molecule has 174 valence electrons. The van der Waals surface area contributed by atoms with Crippen LogP contribution in [0.1, 0.15) is 55.8 Å². The second kappa shape index (κ2) is 10.9. The second-order valence-corrected chi connectivity index (χ2v) is 7.60. The first-order chi connectivity index (χ1) is 15.2. The molecule has 1 unspecified atom stereocenters. The fraction of sp³-hybridized carbons (Fsp3) is 0.458. The van der Waals surface area contributed by atoms with Crippen molar-refractivity contribution >= 4 is 17.7 Å². The highest BCUT2D eigenvalue weighted by atomic mass is 16.5. The predicted octanol–water partition coefficient (Wildman–Crippen LogP) is 3.19. The van der Waals surface area contributed by atoms with Gasteiger partial charge >= 0.3 is 5.97 Å². The highest BCUT2D eigenvalue weighted by Gasteiger charge is 2.32. The summed E-state index contributed by atoms with van der Waals surface area (Å²) in [6.07, 6.45) is 0.580. The maximum absolute atomic E-state index is 13.6. The highest BCUT2D eigenvalue weighted by Crippen LogP contribution is 2.25. The van der Waals surface area contributed by atoms with Crippen molar-refractivity contribution in [2.75, 3.05) is 34.5 Å². The van der Waals surface area contributed by atoms with Gasteiger partial charge in [-0.2, -0.15) is 0 Å². The fourth-order valence-electron chi connectivity index (χ4n) is 3.83. The molecule has 32 heavy (non-hydrogen) atoms. The van der Waals surface area contributed by atoms with Crippen LogP contribution in [0.25, 0.3) is 0 Å². The minimum Gasteiger partial charge on any atom is -0.497 e. The van der Waals surface area contributed by atoms with Crippen LogP contribution in [0.15, 0.2) is 24.3 Å². The average molecular weight is 445 g/mol. The predicted molar refractivity (Wildman–Crippen MR) is 121 cm³/mol. The number of hydrogen-bond acceptors (Lipinski definition) is 6. The molecule has 8 nitrogen and oxygen atoms in total. The Hall–Kier alpha value is -3.13. The standard InChI is InChI=1S/C24H32N2O6/c1-15-20(16(2)25(4)21(15)24(29)32-7)22(27)17(3)26(13-8-14-30-5)23(28)18-9-11-19(31-6)12-10-18/h9-12,17H,8,13-14H2,1-7H3. The smallest absolute Gasteiger partial charge is 0.354 e. The maximum Gasteiger partial charge on any atom is 0.354 e. The summed E-state index contributed by atoms with van der Waals surface area (Å²) in [5.41, 5.74) is 2.41. The number of carbonyl (C=O) groups excluding carboxylic acids is 3. The first-order valence-corrected chi connectivity index (χ1v) is 10.4. The van der Waals surface area contributed by atoms with Gasteiger partial charge in [-0.3, -0.25) is 9.59 Å². The summed E-state index contributed by atoms with van der Waals surface area (Å²) >= 11 is 0. The number of benzene rings is 1. The number of methoxy groups -OCH3 is 3. The summed E-state index contributed by atoms with van der Waals surface area (Å²) in [5.74, 6) is -0.359. The van der Waals surface area contributed by atoms with Crippen LogP contribution in [0.5, 0.6) is 5.75 Å². The van der Waals surface area contributed by atoms with Gasteiger partial charge in [-0.1, -0.05) is 0 Å². The van der Waals surface area contributed by atoms with Gasteiger partial charge in [0.1, 0.15) is 11.4 Å². The van der Waals surface area contributed by atoms with Gasteiger partial charge in [0.05, 0.1) is 20.3 Å². The molecule has 1 atom stereocenters. The molecule has 2 rings (SSSR count). The molecule has 2 aromatic rings. The van der Waals surface area contributed by atoms with Gasteiger partial charge in [0.2, 0.25) is 0 Å². The minimum absolute atomic E-state index is 0.231. The molecule has 1 heterocycles. The number of nitrogens with zero attached hydrogens (tertiary/aromatic N) is 2. The molecule has 0 aliphatic carbocycles. The summed E-state index contributed by atoms with van der Waals surface area (Å²) in [6.45, 7) is 6.02. The Morgan fingerprint density at radius 2 is 1.69 bits per heavy atom. The van der Waals surface area contributed by atoms with Crippen molar-refractivity contribution in [1.29, 1.82) is 0 Å². The number of hydrogen-bond donors (Lipinski definition) is 0. The van der Waals surface area contributed by atoms with Crippen molar-refractivity contribution in [3.8, 4) is 5.75 Å². The number of Topliss-reactive ketones (excluding diaryl/α,β-unsaturated/α-hetero) is 1. The van der Waals surface area contributed by atoms with Crippen LogP contribution in [-0.4, -0.2) is 67.6 Å². The largest absolute Gasteiger partial charge is 0.497 e. The van der Waals surface area contributed by atoms with Crippen LogP contribution in [0.2, 0.25) is 0 Å². The van der Waals surface area contributed by atoms with E-state index >= 15 is 0 Å². The third-order valence-electron chi connectivity index (χ3n) is 5.75. The Morgan fingerprint density at radius 1 is 1.06 bits per heavy atom. The summed E-state index contributed by atoms with van der Waals surface area (Å²) < 4.78 is 16.8. The third-order valence-corrected chi connectivity index (χ3v) is 5.75. The van der Waals surface area contributed by atoms with Crippen molar-refractivity contribution in [1.82, 2.24) is 9.47 Å². The molecule has 1 aromatic carbocycles. The molecule has 0 N–H and O–H groups in total. The molecule has 1 amide bonds. The quantitative estimate of drug-likeness (QED) is 0.318. The van der Waals surface area contributed by atoms with E-state index in [9.17, 15) is 14.4 Å². The minimum atomic E-state index is -0.744. The average Bonchev–Trinajstić information content (AvgIpc) is 3.02. The SMILES string of the molecule is COCCCN(C(=O)c1ccc(OC)cc1)C(C)C(=O)c1c(C)c(C(=O)OC)n(C)c1C. The van der Waals surface area contributed by atoms with Crippen LogP contribution in [0, 0.1) is 13.8 Å². The van der Waals surface area contributed by atoms with Gasteiger partial charge < -0.3 is 23.7 Å². The van der Waals surface area contributed by atoms with E-state index in [-0.39, 0.29) is 11.7 Å². The Kier molecular flexibility index (Phi) is 8.60. The molecule has 1 aromatic heterocycles. The number of carbonyl (C=O) groups is 3. The molecule has 0 spiro atoms. The van der Waals surface area contributed by atoms with Gasteiger partial charge in [0.15, 0.2) is 5.78 Å². The van der Waals surface area contributed by atoms with Crippen LogP contribution in [0.3, 0.4) is 0 Å². The van der Waals surface area contributed by atoms with E-state index in [0.29, 0.717) is 53.4 Å². The molecule has 0 radical (unpaired) electrons. The lowest BCUT2D eigenvalue weighted by Gasteiger charge is -2.29. The maximum atomic E-state index is 13.6. The number of ketones is 1. The van der Waals surface area contributed by atoms with Crippen molar-refractivity contribution in [2.24, 2.45) is 7.05 Å². The number of esters is 1. The molecular formula is C24H32N2O6. The van der Waals surface area contributed by atoms with E-state index in [1.54, 1.807) is 75.8 Å². The molecule has 0 fully saturated rings. The van der Waals surface area contributed by atoms with Crippen molar-refractivity contribution < 1.29 is 28.6 Å². The lowest BCUT2D eigenvalue weighted by Crippen LogP contribution is -2.44.